The molecule has 1 unspecified atom stereocenters. The summed E-state index contributed by atoms with van der Waals surface area (Å²) in [5.41, 5.74) is 0.655. The average Bonchev–Trinajstić information content (AvgIpc) is 3.36. The lowest BCUT2D eigenvalue weighted by Gasteiger charge is -2.23. The van der Waals surface area contributed by atoms with Crippen LogP contribution in [-0.2, 0) is 0 Å². The van der Waals surface area contributed by atoms with E-state index in [1.165, 1.54) is 25.7 Å². The van der Waals surface area contributed by atoms with Crippen LogP contribution in [0.25, 0.3) is 0 Å². The van der Waals surface area contributed by atoms with Gasteiger partial charge in [-0.2, -0.15) is 0 Å². The summed E-state index contributed by atoms with van der Waals surface area (Å²) in [4.78, 5) is 12.4. The summed E-state index contributed by atoms with van der Waals surface area (Å²) in [6.07, 6.45) is 4.89. The molecule has 1 aliphatic heterocycles. The summed E-state index contributed by atoms with van der Waals surface area (Å²) in [6.45, 7) is 3.57. The molecule has 0 radical (unpaired) electrons. The largest absolute Gasteiger partial charge is 0.492 e. The number of amides is 1. The summed E-state index contributed by atoms with van der Waals surface area (Å²) < 4.78 is 5.80. The van der Waals surface area contributed by atoms with Crippen molar-refractivity contribution in [3.8, 4) is 5.75 Å². The lowest BCUT2D eigenvalue weighted by molar-refractivity contribution is 0.0940. The van der Waals surface area contributed by atoms with Gasteiger partial charge in [0.1, 0.15) is 5.75 Å². The van der Waals surface area contributed by atoms with Crippen LogP contribution >= 0.6 is 12.4 Å². The number of halogens is 1. The van der Waals surface area contributed by atoms with Crippen LogP contribution in [0.5, 0.6) is 5.75 Å². The number of benzene rings is 1. The summed E-state index contributed by atoms with van der Waals surface area (Å²) in [5.74, 6) is 1.92. The first kappa shape index (κ1) is 17.1. The van der Waals surface area contributed by atoms with Gasteiger partial charge in [-0.1, -0.05) is 12.1 Å². The van der Waals surface area contributed by atoms with Crippen molar-refractivity contribution in [2.45, 2.75) is 25.7 Å². The van der Waals surface area contributed by atoms with Crippen molar-refractivity contribution in [3.05, 3.63) is 29.8 Å². The van der Waals surface area contributed by atoms with E-state index in [1.54, 1.807) is 0 Å². The van der Waals surface area contributed by atoms with E-state index in [0.717, 1.165) is 26.2 Å². The molecule has 0 aromatic heterocycles. The number of nitrogens with one attached hydrogen (secondary N) is 2. The average molecular weight is 325 g/mol. The Labute approximate surface area is 138 Å². The predicted molar refractivity (Wildman–Crippen MR) is 89.8 cm³/mol. The molecule has 5 heteroatoms. The molecular formula is C17H25ClN2O2. The van der Waals surface area contributed by atoms with Gasteiger partial charge in [-0.3, -0.25) is 4.79 Å². The second-order valence-electron chi connectivity index (χ2n) is 6.17. The topological polar surface area (TPSA) is 50.4 Å². The standard InChI is InChI=1S/C17H24N2O2.ClH/c20-17(19-11-14-4-3-9-18-10-14)15-5-1-2-6-16(15)21-12-13-7-8-13;/h1-2,5-6,13-14,18H,3-4,7-12H2,(H,19,20);1H. The minimum absolute atomic E-state index is 0. The quantitative estimate of drug-likeness (QED) is 0.845. The molecule has 1 atom stereocenters. The Bertz CT molecular complexity index is 485. The van der Waals surface area contributed by atoms with E-state index < -0.39 is 0 Å². The first-order valence-electron chi connectivity index (χ1n) is 8.03. The molecule has 2 fully saturated rings. The third-order valence-electron chi connectivity index (χ3n) is 4.25. The molecule has 1 heterocycles. The van der Waals surface area contributed by atoms with E-state index in [1.807, 2.05) is 24.3 Å². The summed E-state index contributed by atoms with van der Waals surface area (Å²) >= 11 is 0. The van der Waals surface area contributed by atoms with Crippen molar-refractivity contribution in [1.29, 1.82) is 0 Å². The van der Waals surface area contributed by atoms with E-state index in [0.29, 0.717) is 23.1 Å². The van der Waals surface area contributed by atoms with E-state index in [4.69, 9.17) is 4.74 Å². The zero-order chi connectivity index (χ0) is 14.5. The minimum Gasteiger partial charge on any atom is -0.492 e. The van der Waals surface area contributed by atoms with Gasteiger partial charge in [0, 0.05) is 6.54 Å². The maximum absolute atomic E-state index is 12.4. The van der Waals surface area contributed by atoms with Crippen LogP contribution in [0.1, 0.15) is 36.0 Å². The molecule has 1 aromatic rings. The monoisotopic (exact) mass is 324 g/mol. The molecule has 3 rings (SSSR count). The Morgan fingerprint density at radius 1 is 1.23 bits per heavy atom. The molecule has 1 amide bonds. The van der Waals surface area contributed by atoms with Gasteiger partial charge in [-0.25, -0.2) is 0 Å². The van der Waals surface area contributed by atoms with Crippen molar-refractivity contribution in [2.24, 2.45) is 11.8 Å². The summed E-state index contributed by atoms with van der Waals surface area (Å²) in [6, 6.07) is 7.54. The first-order chi connectivity index (χ1) is 10.3. The number of carbonyl (C=O) groups excluding carboxylic acids is 1. The zero-order valence-corrected chi connectivity index (χ0v) is 13.7. The molecule has 0 bridgehead atoms. The van der Waals surface area contributed by atoms with Gasteiger partial charge in [-0.15, -0.1) is 12.4 Å². The second-order valence-corrected chi connectivity index (χ2v) is 6.17. The van der Waals surface area contributed by atoms with Gasteiger partial charge in [0.25, 0.3) is 5.91 Å². The molecule has 0 spiro atoms. The fraction of sp³-hybridized carbons (Fsp3) is 0.588. The highest BCUT2D eigenvalue weighted by Crippen LogP contribution is 2.30. The van der Waals surface area contributed by atoms with Crippen molar-refractivity contribution in [2.75, 3.05) is 26.2 Å². The Hall–Kier alpha value is -1.26. The number of hydrogen-bond donors (Lipinski definition) is 2. The molecule has 1 saturated carbocycles. The third kappa shape index (κ3) is 4.89. The highest BCUT2D eigenvalue weighted by molar-refractivity contribution is 5.96. The van der Waals surface area contributed by atoms with Crippen molar-refractivity contribution in [1.82, 2.24) is 10.6 Å². The smallest absolute Gasteiger partial charge is 0.255 e. The molecular weight excluding hydrogens is 300 g/mol. The van der Waals surface area contributed by atoms with Crippen LogP contribution < -0.4 is 15.4 Å². The Kier molecular flexibility index (Phi) is 6.52. The van der Waals surface area contributed by atoms with Crippen LogP contribution in [0.15, 0.2) is 24.3 Å². The SMILES string of the molecule is Cl.O=C(NCC1CCCNC1)c1ccccc1OCC1CC1. The van der Waals surface area contributed by atoms with E-state index in [-0.39, 0.29) is 18.3 Å². The van der Waals surface area contributed by atoms with Crippen LogP contribution in [0.3, 0.4) is 0 Å². The highest BCUT2D eigenvalue weighted by atomic mass is 35.5. The molecule has 2 aliphatic rings. The Balaban J connectivity index is 0.00000176. The van der Waals surface area contributed by atoms with Gasteiger partial charge in [-0.05, 0) is 62.7 Å². The molecule has 2 N–H and O–H groups in total. The number of ether oxygens (including phenoxy) is 1. The van der Waals surface area contributed by atoms with Gasteiger partial charge in [0.05, 0.1) is 12.2 Å². The predicted octanol–water partition coefficient (Wildman–Crippen LogP) is 2.63. The lowest BCUT2D eigenvalue weighted by atomic mass is 9.99. The van der Waals surface area contributed by atoms with Crippen LogP contribution in [-0.4, -0.2) is 32.1 Å². The van der Waals surface area contributed by atoms with E-state index in [9.17, 15) is 4.79 Å². The van der Waals surface area contributed by atoms with Gasteiger partial charge < -0.3 is 15.4 Å². The fourth-order valence-corrected chi connectivity index (χ4v) is 2.70. The van der Waals surface area contributed by atoms with Crippen LogP contribution in [0.4, 0.5) is 0 Å². The first-order valence-corrected chi connectivity index (χ1v) is 8.03. The normalized spacial score (nSPS) is 20.8. The highest BCUT2D eigenvalue weighted by Gasteiger charge is 2.23. The Morgan fingerprint density at radius 3 is 2.77 bits per heavy atom. The molecule has 1 saturated heterocycles. The van der Waals surface area contributed by atoms with Crippen LogP contribution in [0, 0.1) is 11.8 Å². The maximum Gasteiger partial charge on any atom is 0.255 e. The number of para-hydroxylation sites is 1. The zero-order valence-electron chi connectivity index (χ0n) is 12.8. The molecule has 4 nitrogen and oxygen atoms in total. The lowest BCUT2D eigenvalue weighted by Crippen LogP contribution is -2.38. The van der Waals surface area contributed by atoms with Crippen molar-refractivity contribution >= 4 is 18.3 Å². The van der Waals surface area contributed by atoms with Gasteiger partial charge >= 0.3 is 0 Å². The fourth-order valence-electron chi connectivity index (χ4n) is 2.70. The molecule has 1 aromatic carbocycles. The van der Waals surface area contributed by atoms with E-state index >= 15 is 0 Å². The van der Waals surface area contributed by atoms with E-state index in [2.05, 4.69) is 10.6 Å². The number of piperidine rings is 1. The van der Waals surface area contributed by atoms with Gasteiger partial charge in [0.2, 0.25) is 0 Å². The van der Waals surface area contributed by atoms with Crippen LogP contribution in [0.2, 0.25) is 0 Å². The molecule has 1 aliphatic carbocycles. The Morgan fingerprint density at radius 2 is 2.05 bits per heavy atom. The van der Waals surface area contributed by atoms with Gasteiger partial charge in [0.15, 0.2) is 0 Å². The number of hydrogen-bond acceptors (Lipinski definition) is 3. The maximum atomic E-state index is 12.4. The minimum atomic E-state index is -0.0213. The number of carbonyl (C=O) groups is 1. The second kappa shape index (κ2) is 8.39. The molecule has 122 valence electrons. The van der Waals surface area contributed by atoms with Crippen molar-refractivity contribution < 1.29 is 9.53 Å². The number of rotatable bonds is 6. The van der Waals surface area contributed by atoms with Crippen molar-refractivity contribution in [3.63, 3.8) is 0 Å². The third-order valence-corrected chi connectivity index (χ3v) is 4.25. The summed E-state index contributed by atoms with van der Waals surface area (Å²) in [7, 11) is 0. The summed E-state index contributed by atoms with van der Waals surface area (Å²) in [5, 5.41) is 6.43. The molecule has 22 heavy (non-hydrogen) atoms.